The molecule has 2 N–H and O–H groups in total. The molecule has 21 heavy (non-hydrogen) atoms. The molecule has 0 aliphatic rings. The van der Waals surface area contributed by atoms with E-state index >= 15 is 0 Å². The van der Waals surface area contributed by atoms with E-state index in [1.54, 1.807) is 0 Å². The minimum Gasteiger partial charge on any atom is -0.306 e. The van der Waals surface area contributed by atoms with Crippen LogP contribution in [0.3, 0.4) is 0 Å². The predicted octanol–water partition coefficient (Wildman–Crippen LogP) is 4.29. The standard InChI is InChI=1S/C18H27N3/c1-13-16(14(2)21-20-13)12-19-17(11-18(3,4)5)15-9-7-6-8-10-15/h6-10,17,19H,11-12H2,1-5H3,(H,20,21). The van der Waals surface area contributed by atoms with Crippen LogP contribution in [0.2, 0.25) is 0 Å². The molecule has 0 saturated heterocycles. The maximum absolute atomic E-state index is 4.28. The third-order valence-corrected chi connectivity index (χ3v) is 3.82. The van der Waals surface area contributed by atoms with Crippen molar-refractivity contribution in [2.45, 2.75) is 53.6 Å². The van der Waals surface area contributed by atoms with Gasteiger partial charge in [-0.1, -0.05) is 51.1 Å². The zero-order valence-electron chi connectivity index (χ0n) is 13.8. The SMILES string of the molecule is Cc1n[nH]c(C)c1CNC(CC(C)(C)C)c1ccccc1. The molecule has 2 aromatic rings. The first kappa shape index (κ1) is 15.8. The van der Waals surface area contributed by atoms with Gasteiger partial charge in [0.05, 0.1) is 5.69 Å². The molecule has 0 aliphatic carbocycles. The second kappa shape index (κ2) is 6.44. The molecule has 0 radical (unpaired) electrons. The van der Waals surface area contributed by atoms with E-state index < -0.39 is 0 Å². The Morgan fingerprint density at radius 1 is 1.14 bits per heavy atom. The topological polar surface area (TPSA) is 40.7 Å². The monoisotopic (exact) mass is 285 g/mol. The fourth-order valence-electron chi connectivity index (χ4n) is 2.67. The van der Waals surface area contributed by atoms with E-state index in [4.69, 9.17) is 0 Å². The van der Waals surface area contributed by atoms with Gasteiger partial charge < -0.3 is 5.32 Å². The summed E-state index contributed by atoms with van der Waals surface area (Å²) in [5, 5.41) is 11.1. The van der Waals surface area contributed by atoms with Crippen LogP contribution >= 0.6 is 0 Å². The Morgan fingerprint density at radius 3 is 2.33 bits per heavy atom. The molecular weight excluding hydrogens is 258 g/mol. The Hall–Kier alpha value is -1.61. The zero-order valence-corrected chi connectivity index (χ0v) is 13.8. The minimum atomic E-state index is 0.286. The normalized spacial score (nSPS) is 13.4. The number of aromatic nitrogens is 2. The van der Waals surface area contributed by atoms with Crippen LogP contribution in [0, 0.1) is 19.3 Å². The van der Waals surface area contributed by atoms with Gasteiger partial charge >= 0.3 is 0 Å². The Balaban J connectivity index is 2.13. The first-order chi connectivity index (χ1) is 9.87. The predicted molar refractivity (Wildman–Crippen MR) is 88.2 cm³/mol. The average Bonchev–Trinajstić information content (AvgIpc) is 2.74. The van der Waals surface area contributed by atoms with Gasteiger partial charge in [0.15, 0.2) is 0 Å². The van der Waals surface area contributed by atoms with Crippen LogP contribution in [0.25, 0.3) is 0 Å². The van der Waals surface area contributed by atoms with Crippen molar-refractivity contribution in [1.82, 2.24) is 15.5 Å². The molecule has 114 valence electrons. The number of nitrogens with zero attached hydrogens (tertiary/aromatic N) is 1. The van der Waals surface area contributed by atoms with Gasteiger partial charge in [0.2, 0.25) is 0 Å². The molecule has 0 bridgehead atoms. The van der Waals surface area contributed by atoms with E-state index in [0.29, 0.717) is 6.04 Å². The van der Waals surface area contributed by atoms with E-state index in [0.717, 1.165) is 24.4 Å². The lowest BCUT2D eigenvalue weighted by molar-refractivity contribution is 0.310. The van der Waals surface area contributed by atoms with Gasteiger partial charge in [-0.15, -0.1) is 0 Å². The third-order valence-electron chi connectivity index (χ3n) is 3.82. The first-order valence-electron chi connectivity index (χ1n) is 7.65. The number of nitrogens with one attached hydrogen (secondary N) is 2. The van der Waals surface area contributed by atoms with E-state index in [2.05, 4.69) is 80.5 Å². The Morgan fingerprint density at radius 2 is 1.81 bits per heavy atom. The number of rotatable bonds is 5. The molecule has 0 aliphatic heterocycles. The molecule has 0 spiro atoms. The van der Waals surface area contributed by atoms with E-state index in [9.17, 15) is 0 Å². The van der Waals surface area contributed by atoms with Crippen molar-refractivity contribution in [3.8, 4) is 0 Å². The van der Waals surface area contributed by atoms with Gasteiger partial charge in [-0.05, 0) is 31.2 Å². The van der Waals surface area contributed by atoms with Crippen LogP contribution in [-0.2, 0) is 6.54 Å². The lowest BCUT2D eigenvalue weighted by atomic mass is 9.85. The number of benzene rings is 1. The summed E-state index contributed by atoms with van der Waals surface area (Å²) < 4.78 is 0. The average molecular weight is 285 g/mol. The molecule has 1 unspecified atom stereocenters. The fraction of sp³-hybridized carbons (Fsp3) is 0.500. The van der Waals surface area contributed by atoms with E-state index in [1.165, 1.54) is 11.1 Å². The van der Waals surface area contributed by atoms with Crippen molar-refractivity contribution < 1.29 is 0 Å². The summed E-state index contributed by atoms with van der Waals surface area (Å²) in [6.07, 6.45) is 1.10. The van der Waals surface area contributed by atoms with Crippen molar-refractivity contribution in [3.63, 3.8) is 0 Å². The molecule has 1 atom stereocenters. The Bertz CT molecular complexity index is 544. The van der Waals surface area contributed by atoms with E-state index in [-0.39, 0.29) is 5.41 Å². The summed E-state index contributed by atoms with van der Waals surface area (Å²) in [6, 6.07) is 11.1. The molecular formula is C18H27N3. The van der Waals surface area contributed by atoms with E-state index in [1.807, 2.05) is 0 Å². The molecule has 3 heteroatoms. The Kier molecular flexibility index (Phi) is 4.84. The first-order valence-corrected chi connectivity index (χ1v) is 7.65. The summed E-state index contributed by atoms with van der Waals surface area (Å²) >= 11 is 0. The largest absolute Gasteiger partial charge is 0.306 e. The van der Waals surface area contributed by atoms with Crippen LogP contribution in [0.1, 0.15) is 55.7 Å². The fourth-order valence-corrected chi connectivity index (χ4v) is 2.67. The highest BCUT2D eigenvalue weighted by Crippen LogP contribution is 2.29. The number of aryl methyl sites for hydroxylation is 2. The van der Waals surface area contributed by atoms with Crippen molar-refractivity contribution in [1.29, 1.82) is 0 Å². The number of aromatic amines is 1. The van der Waals surface area contributed by atoms with Crippen LogP contribution in [-0.4, -0.2) is 10.2 Å². The van der Waals surface area contributed by atoms with Gasteiger partial charge in [0.25, 0.3) is 0 Å². The highest BCUT2D eigenvalue weighted by Gasteiger charge is 2.20. The molecule has 3 nitrogen and oxygen atoms in total. The van der Waals surface area contributed by atoms with Gasteiger partial charge in [0, 0.05) is 23.8 Å². The molecule has 0 fully saturated rings. The Labute approximate surface area is 128 Å². The number of H-pyrrole nitrogens is 1. The van der Waals surface area contributed by atoms with Crippen LogP contribution in [0.5, 0.6) is 0 Å². The van der Waals surface area contributed by atoms with Gasteiger partial charge in [0.1, 0.15) is 0 Å². The quantitative estimate of drug-likeness (QED) is 0.860. The second-order valence-corrected chi connectivity index (χ2v) is 7.02. The summed E-state index contributed by atoms with van der Waals surface area (Å²) in [6.45, 7) is 11.9. The van der Waals surface area contributed by atoms with Gasteiger partial charge in [-0.25, -0.2) is 0 Å². The van der Waals surface area contributed by atoms with Gasteiger partial charge in [-0.3, -0.25) is 5.10 Å². The molecule has 0 amide bonds. The summed E-state index contributed by atoms with van der Waals surface area (Å²) in [5.41, 5.74) is 5.16. The second-order valence-electron chi connectivity index (χ2n) is 7.02. The lowest BCUT2D eigenvalue weighted by Crippen LogP contribution is -2.25. The van der Waals surface area contributed by atoms with Crippen LogP contribution in [0.4, 0.5) is 0 Å². The molecule has 1 aromatic carbocycles. The molecule has 2 rings (SSSR count). The molecule has 0 saturated carbocycles. The lowest BCUT2D eigenvalue weighted by Gasteiger charge is -2.27. The minimum absolute atomic E-state index is 0.286. The zero-order chi connectivity index (χ0) is 15.5. The summed E-state index contributed by atoms with van der Waals surface area (Å²) in [5.74, 6) is 0. The van der Waals surface area contributed by atoms with Crippen LogP contribution in [0.15, 0.2) is 30.3 Å². The maximum Gasteiger partial charge on any atom is 0.0638 e. The highest BCUT2D eigenvalue weighted by atomic mass is 15.1. The smallest absolute Gasteiger partial charge is 0.0638 e. The molecule has 1 aromatic heterocycles. The van der Waals surface area contributed by atoms with Crippen molar-refractivity contribution in [2.24, 2.45) is 5.41 Å². The van der Waals surface area contributed by atoms with Crippen LogP contribution < -0.4 is 5.32 Å². The van der Waals surface area contributed by atoms with Gasteiger partial charge in [-0.2, -0.15) is 5.10 Å². The summed E-state index contributed by atoms with van der Waals surface area (Å²) in [7, 11) is 0. The van der Waals surface area contributed by atoms with Crippen molar-refractivity contribution in [2.75, 3.05) is 0 Å². The molecule has 1 heterocycles. The maximum atomic E-state index is 4.28. The van der Waals surface area contributed by atoms with Crippen molar-refractivity contribution >= 4 is 0 Å². The summed E-state index contributed by atoms with van der Waals surface area (Å²) in [4.78, 5) is 0. The van der Waals surface area contributed by atoms with Crippen molar-refractivity contribution in [3.05, 3.63) is 52.8 Å². The third kappa shape index (κ3) is 4.43. The highest BCUT2D eigenvalue weighted by molar-refractivity contribution is 5.24. The number of hydrogen-bond acceptors (Lipinski definition) is 2. The number of hydrogen-bond donors (Lipinski definition) is 2.